The van der Waals surface area contributed by atoms with Crippen molar-refractivity contribution < 1.29 is 9.53 Å². The number of imidazole rings is 1. The van der Waals surface area contributed by atoms with Crippen molar-refractivity contribution >= 4 is 5.91 Å². The molecule has 0 aliphatic rings. The second kappa shape index (κ2) is 6.92. The van der Waals surface area contributed by atoms with Gasteiger partial charge in [-0.3, -0.25) is 4.79 Å². The number of benzene rings is 1. The highest BCUT2D eigenvalue weighted by atomic mass is 16.5. The van der Waals surface area contributed by atoms with Gasteiger partial charge in [0.15, 0.2) is 6.61 Å². The molecule has 1 heterocycles. The van der Waals surface area contributed by atoms with Gasteiger partial charge in [0.1, 0.15) is 11.6 Å². The normalized spacial score (nSPS) is 12.0. The van der Waals surface area contributed by atoms with E-state index in [9.17, 15) is 4.79 Å². The van der Waals surface area contributed by atoms with Crippen LogP contribution in [0.5, 0.6) is 5.75 Å². The molecule has 5 nitrogen and oxygen atoms in total. The molecule has 112 valence electrons. The van der Waals surface area contributed by atoms with Gasteiger partial charge in [-0.05, 0) is 37.5 Å². The van der Waals surface area contributed by atoms with Crippen LogP contribution in [0.2, 0.25) is 0 Å². The maximum atomic E-state index is 12.0. The number of aromatic nitrogens is 2. The molecule has 0 bridgehead atoms. The Bertz CT molecular complexity index is 594. The molecule has 2 rings (SSSR count). The standard InChI is InChI=1S/C16H21N3O2/c1-4-13(16-17-7-8-18-16)19-15(20)10-21-14-9-11(2)5-6-12(14)3/h5-9,13H,4,10H2,1-3H3,(H,17,18)(H,19,20). The lowest BCUT2D eigenvalue weighted by Gasteiger charge is -2.15. The van der Waals surface area contributed by atoms with Gasteiger partial charge in [0.05, 0.1) is 6.04 Å². The van der Waals surface area contributed by atoms with E-state index in [0.717, 1.165) is 29.1 Å². The zero-order valence-electron chi connectivity index (χ0n) is 12.6. The number of hydrogen-bond donors (Lipinski definition) is 2. The minimum atomic E-state index is -0.154. The fourth-order valence-electron chi connectivity index (χ4n) is 2.07. The summed E-state index contributed by atoms with van der Waals surface area (Å²) in [7, 11) is 0. The van der Waals surface area contributed by atoms with E-state index in [1.807, 2.05) is 39.0 Å². The van der Waals surface area contributed by atoms with Crippen LogP contribution in [0, 0.1) is 13.8 Å². The summed E-state index contributed by atoms with van der Waals surface area (Å²) in [5.41, 5.74) is 2.13. The molecular weight excluding hydrogens is 266 g/mol. The minimum Gasteiger partial charge on any atom is -0.483 e. The van der Waals surface area contributed by atoms with Crippen LogP contribution in [0.25, 0.3) is 0 Å². The summed E-state index contributed by atoms with van der Waals surface area (Å²) in [6.45, 7) is 5.96. The van der Waals surface area contributed by atoms with Gasteiger partial charge in [-0.15, -0.1) is 0 Å². The van der Waals surface area contributed by atoms with Gasteiger partial charge < -0.3 is 15.0 Å². The van der Waals surface area contributed by atoms with E-state index in [4.69, 9.17) is 4.74 Å². The molecule has 0 spiro atoms. The lowest BCUT2D eigenvalue weighted by Crippen LogP contribution is -2.33. The predicted octanol–water partition coefficient (Wildman–Crippen LogP) is 2.67. The summed E-state index contributed by atoms with van der Waals surface area (Å²) in [4.78, 5) is 19.2. The fraction of sp³-hybridized carbons (Fsp3) is 0.375. The highest BCUT2D eigenvalue weighted by Crippen LogP contribution is 2.19. The zero-order chi connectivity index (χ0) is 15.2. The average Bonchev–Trinajstić information content (AvgIpc) is 2.99. The third-order valence-electron chi connectivity index (χ3n) is 3.30. The number of aryl methyl sites for hydroxylation is 2. The number of nitrogens with zero attached hydrogens (tertiary/aromatic N) is 1. The molecule has 2 aromatic rings. The Balaban J connectivity index is 1.91. The third-order valence-corrected chi connectivity index (χ3v) is 3.30. The van der Waals surface area contributed by atoms with E-state index < -0.39 is 0 Å². The van der Waals surface area contributed by atoms with Crippen LogP contribution < -0.4 is 10.1 Å². The topological polar surface area (TPSA) is 67.0 Å². The minimum absolute atomic E-state index is 0.00149. The average molecular weight is 287 g/mol. The first-order valence-corrected chi connectivity index (χ1v) is 7.09. The van der Waals surface area contributed by atoms with Gasteiger partial charge >= 0.3 is 0 Å². The smallest absolute Gasteiger partial charge is 0.258 e. The number of aromatic amines is 1. The van der Waals surface area contributed by atoms with Crippen molar-refractivity contribution in [3.05, 3.63) is 47.5 Å². The second-order valence-corrected chi connectivity index (χ2v) is 5.06. The van der Waals surface area contributed by atoms with E-state index in [0.29, 0.717) is 0 Å². The SMILES string of the molecule is CCC(NC(=O)COc1cc(C)ccc1C)c1ncc[nH]1. The summed E-state index contributed by atoms with van der Waals surface area (Å²) in [6.07, 6.45) is 4.19. The maximum Gasteiger partial charge on any atom is 0.258 e. The lowest BCUT2D eigenvalue weighted by molar-refractivity contribution is -0.123. The molecule has 0 saturated heterocycles. The predicted molar refractivity (Wildman–Crippen MR) is 81.2 cm³/mol. The first-order valence-electron chi connectivity index (χ1n) is 7.09. The van der Waals surface area contributed by atoms with Crippen molar-refractivity contribution in [2.75, 3.05) is 6.61 Å². The highest BCUT2D eigenvalue weighted by molar-refractivity contribution is 5.78. The van der Waals surface area contributed by atoms with Crippen molar-refractivity contribution in [3.8, 4) is 5.75 Å². The summed E-state index contributed by atoms with van der Waals surface area (Å²) >= 11 is 0. The second-order valence-electron chi connectivity index (χ2n) is 5.06. The van der Waals surface area contributed by atoms with Crippen LogP contribution in [0.1, 0.15) is 36.3 Å². The molecule has 0 aliphatic heterocycles. The molecule has 0 radical (unpaired) electrons. The van der Waals surface area contributed by atoms with Crippen molar-refractivity contribution in [1.29, 1.82) is 0 Å². The Kier molecular flexibility index (Phi) is 4.98. The molecule has 0 fully saturated rings. The van der Waals surface area contributed by atoms with Gasteiger partial charge in [0.25, 0.3) is 5.91 Å². The van der Waals surface area contributed by atoms with Crippen molar-refractivity contribution in [3.63, 3.8) is 0 Å². The Labute approximate surface area is 124 Å². The highest BCUT2D eigenvalue weighted by Gasteiger charge is 2.15. The first-order chi connectivity index (χ1) is 10.1. The van der Waals surface area contributed by atoms with Crippen molar-refractivity contribution in [2.45, 2.75) is 33.2 Å². The zero-order valence-corrected chi connectivity index (χ0v) is 12.6. The Morgan fingerprint density at radius 1 is 1.43 bits per heavy atom. The molecule has 1 aromatic heterocycles. The molecule has 0 aliphatic carbocycles. The van der Waals surface area contributed by atoms with Gasteiger partial charge in [0, 0.05) is 12.4 Å². The van der Waals surface area contributed by atoms with Crippen LogP contribution in [-0.2, 0) is 4.79 Å². The molecule has 1 atom stereocenters. The Morgan fingerprint density at radius 2 is 2.24 bits per heavy atom. The van der Waals surface area contributed by atoms with E-state index in [1.165, 1.54) is 0 Å². The number of hydrogen-bond acceptors (Lipinski definition) is 3. The lowest BCUT2D eigenvalue weighted by atomic mass is 10.1. The molecule has 2 N–H and O–H groups in total. The molecule has 1 unspecified atom stereocenters. The number of H-pyrrole nitrogens is 1. The summed E-state index contributed by atoms with van der Waals surface area (Å²) < 4.78 is 5.60. The van der Waals surface area contributed by atoms with Crippen molar-refractivity contribution in [1.82, 2.24) is 15.3 Å². The molecular formula is C16H21N3O2. The van der Waals surface area contributed by atoms with Crippen molar-refractivity contribution in [2.24, 2.45) is 0 Å². The van der Waals surface area contributed by atoms with Crippen LogP contribution in [0.3, 0.4) is 0 Å². The monoisotopic (exact) mass is 287 g/mol. The number of carbonyl (C=O) groups excluding carboxylic acids is 1. The van der Waals surface area contributed by atoms with E-state index >= 15 is 0 Å². The van der Waals surface area contributed by atoms with Crippen LogP contribution in [0.15, 0.2) is 30.6 Å². The number of nitrogens with one attached hydrogen (secondary N) is 2. The molecule has 1 aromatic carbocycles. The summed E-state index contributed by atoms with van der Waals surface area (Å²) in [6, 6.07) is 5.83. The number of amides is 1. The van der Waals surface area contributed by atoms with Gasteiger partial charge in [-0.2, -0.15) is 0 Å². The summed E-state index contributed by atoms with van der Waals surface area (Å²) in [5, 5.41) is 2.92. The van der Waals surface area contributed by atoms with E-state index in [2.05, 4.69) is 15.3 Å². The quantitative estimate of drug-likeness (QED) is 0.858. The Hall–Kier alpha value is -2.30. The van der Waals surface area contributed by atoms with E-state index in [1.54, 1.807) is 12.4 Å². The largest absolute Gasteiger partial charge is 0.483 e. The number of rotatable bonds is 6. The van der Waals surface area contributed by atoms with Crippen LogP contribution in [0.4, 0.5) is 0 Å². The molecule has 21 heavy (non-hydrogen) atoms. The summed E-state index contributed by atoms with van der Waals surface area (Å²) in [5.74, 6) is 1.35. The molecule has 5 heteroatoms. The maximum absolute atomic E-state index is 12.0. The van der Waals surface area contributed by atoms with Gasteiger partial charge in [-0.1, -0.05) is 19.1 Å². The van der Waals surface area contributed by atoms with Crippen LogP contribution in [-0.4, -0.2) is 22.5 Å². The molecule has 1 amide bonds. The Morgan fingerprint density at radius 3 is 2.90 bits per heavy atom. The van der Waals surface area contributed by atoms with Gasteiger partial charge in [0.2, 0.25) is 0 Å². The number of carbonyl (C=O) groups is 1. The third kappa shape index (κ3) is 4.08. The van der Waals surface area contributed by atoms with Gasteiger partial charge in [-0.25, -0.2) is 4.98 Å². The first kappa shape index (κ1) is 15.1. The molecule has 0 saturated carbocycles. The number of ether oxygens (including phenoxy) is 1. The van der Waals surface area contributed by atoms with E-state index in [-0.39, 0.29) is 18.6 Å². The fourth-order valence-corrected chi connectivity index (χ4v) is 2.07. The van der Waals surface area contributed by atoms with Crippen LogP contribution >= 0.6 is 0 Å².